The van der Waals surface area contributed by atoms with Gasteiger partial charge in [-0.3, -0.25) is 4.90 Å². The van der Waals surface area contributed by atoms with Gasteiger partial charge in [0.25, 0.3) is 0 Å². The third-order valence-electron chi connectivity index (χ3n) is 4.28. The zero-order valence-corrected chi connectivity index (χ0v) is 11.7. The lowest BCUT2D eigenvalue weighted by atomic mass is 9.95. The van der Waals surface area contributed by atoms with Crippen LogP contribution in [0.4, 0.5) is 4.39 Å². The minimum absolute atomic E-state index is 0.00364. The summed E-state index contributed by atoms with van der Waals surface area (Å²) in [6.45, 7) is 1.02. The number of nitrogens with two attached hydrogens (primary N) is 1. The first-order valence-corrected chi connectivity index (χ1v) is 7.51. The molecule has 2 N–H and O–H groups in total. The summed E-state index contributed by atoms with van der Waals surface area (Å²) in [5.74, 6) is -0.294. The Morgan fingerprint density at radius 1 is 1.21 bits per heavy atom. The summed E-state index contributed by atoms with van der Waals surface area (Å²) >= 11 is 5.93. The number of likely N-dealkylation sites (tertiary alicyclic amines) is 1. The Morgan fingerprint density at radius 3 is 2.74 bits per heavy atom. The van der Waals surface area contributed by atoms with Crippen LogP contribution in [0.3, 0.4) is 0 Å². The van der Waals surface area contributed by atoms with Crippen LogP contribution in [0.5, 0.6) is 0 Å². The van der Waals surface area contributed by atoms with Crippen LogP contribution in [0.15, 0.2) is 18.2 Å². The number of hydrogen-bond donors (Lipinski definition) is 1. The van der Waals surface area contributed by atoms with E-state index in [0.29, 0.717) is 11.6 Å². The summed E-state index contributed by atoms with van der Waals surface area (Å²) < 4.78 is 14.3. The lowest BCUT2D eigenvalue weighted by Gasteiger charge is -2.34. The fourth-order valence-electron chi connectivity index (χ4n) is 3.19. The fourth-order valence-corrected chi connectivity index (χ4v) is 3.37. The molecule has 1 aromatic carbocycles. The number of nitrogens with zero attached hydrogens (tertiary/aromatic N) is 1. The van der Waals surface area contributed by atoms with Crippen molar-refractivity contribution in [2.24, 2.45) is 5.73 Å². The van der Waals surface area contributed by atoms with E-state index in [1.54, 1.807) is 6.07 Å². The second-order valence-corrected chi connectivity index (χ2v) is 6.12. The molecule has 2 nitrogen and oxygen atoms in total. The van der Waals surface area contributed by atoms with E-state index in [0.717, 1.165) is 25.8 Å². The summed E-state index contributed by atoms with van der Waals surface area (Å²) in [5, 5.41) is 0.199. The molecule has 1 saturated heterocycles. The lowest BCUT2D eigenvalue weighted by Crippen LogP contribution is -2.41. The maximum atomic E-state index is 14.3. The standard InChI is InChI=1S/C15H20ClFN2/c16-12-5-3-4-11(14(12)17)15-13(18)6-1-2-9-19(15)10-7-8-10/h3-5,10,13,15H,1-2,6-9,18H2. The molecule has 0 amide bonds. The SMILES string of the molecule is NC1CCCCN(C2CC2)C1c1cccc(Cl)c1F. The van der Waals surface area contributed by atoms with Crippen molar-refractivity contribution in [2.75, 3.05) is 6.54 Å². The highest BCUT2D eigenvalue weighted by Crippen LogP contribution is 2.40. The maximum absolute atomic E-state index is 14.3. The molecule has 2 fully saturated rings. The highest BCUT2D eigenvalue weighted by molar-refractivity contribution is 6.30. The molecule has 0 aromatic heterocycles. The largest absolute Gasteiger partial charge is 0.326 e. The van der Waals surface area contributed by atoms with Gasteiger partial charge in [0.15, 0.2) is 0 Å². The summed E-state index contributed by atoms with van der Waals surface area (Å²) in [4.78, 5) is 2.41. The molecule has 0 bridgehead atoms. The molecule has 2 atom stereocenters. The van der Waals surface area contributed by atoms with Crippen LogP contribution in [0.25, 0.3) is 0 Å². The van der Waals surface area contributed by atoms with E-state index in [1.165, 1.54) is 12.8 Å². The average molecular weight is 283 g/mol. The molecule has 1 aromatic rings. The molecular formula is C15H20ClFN2. The zero-order valence-electron chi connectivity index (χ0n) is 11.0. The Balaban J connectivity index is 1.99. The molecule has 2 aliphatic rings. The van der Waals surface area contributed by atoms with Crippen molar-refractivity contribution >= 4 is 11.6 Å². The van der Waals surface area contributed by atoms with Crippen molar-refractivity contribution in [3.8, 4) is 0 Å². The van der Waals surface area contributed by atoms with Gasteiger partial charge in [0, 0.05) is 17.6 Å². The number of benzene rings is 1. The van der Waals surface area contributed by atoms with Crippen LogP contribution < -0.4 is 5.73 Å². The van der Waals surface area contributed by atoms with Crippen molar-refractivity contribution < 1.29 is 4.39 Å². The molecule has 0 spiro atoms. The van der Waals surface area contributed by atoms with Gasteiger partial charge in [0.1, 0.15) is 5.82 Å². The maximum Gasteiger partial charge on any atom is 0.146 e. The molecule has 1 saturated carbocycles. The van der Waals surface area contributed by atoms with Crippen LogP contribution in [0.1, 0.15) is 43.7 Å². The predicted octanol–water partition coefficient (Wildman–Crippen LogP) is 3.50. The minimum Gasteiger partial charge on any atom is -0.326 e. The first-order chi connectivity index (χ1) is 9.18. The van der Waals surface area contributed by atoms with E-state index in [9.17, 15) is 4.39 Å². The molecule has 0 radical (unpaired) electrons. The van der Waals surface area contributed by atoms with Crippen molar-refractivity contribution in [3.05, 3.63) is 34.6 Å². The monoisotopic (exact) mass is 282 g/mol. The van der Waals surface area contributed by atoms with Gasteiger partial charge in [-0.15, -0.1) is 0 Å². The van der Waals surface area contributed by atoms with Crippen molar-refractivity contribution in [1.29, 1.82) is 0 Å². The molecule has 4 heteroatoms. The Kier molecular flexibility index (Phi) is 3.79. The van der Waals surface area contributed by atoms with Crippen molar-refractivity contribution in [2.45, 2.75) is 50.2 Å². The van der Waals surface area contributed by atoms with E-state index in [2.05, 4.69) is 4.90 Å². The zero-order chi connectivity index (χ0) is 13.4. The number of halogens is 2. The van der Waals surface area contributed by atoms with Gasteiger partial charge >= 0.3 is 0 Å². The Labute approximate surface area is 118 Å². The third-order valence-corrected chi connectivity index (χ3v) is 4.57. The average Bonchev–Trinajstić information content (AvgIpc) is 3.20. The third kappa shape index (κ3) is 2.64. The van der Waals surface area contributed by atoms with Gasteiger partial charge in [-0.1, -0.05) is 30.2 Å². The van der Waals surface area contributed by atoms with Crippen LogP contribution >= 0.6 is 11.6 Å². The quantitative estimate of drug-likeness (QED) is 0.900. The van der Waals surface area contributed by atoms with Crippen LogP contribution in [-0.4, -0.2) is 23.5 Å². The molecule has 104 valence electrons. The number of hydrogen-bond acceptors (Lipinski definition) is 2. The van der Waals surface area contributed by atoms with E-state index in [1.807, 2.05) is 12.1 Å². The Hall–Kier alpha value is -0.640. The summed E-state index contributed by atoms with van der Waals surface area (Å²) in [6, 6.07) is 5.83. The highest BCUT2D eigenvalue weighted by Gasteiger charge is 2.39. The van der Waals surface area contributed by atoms with E-state index < -0.39 is 0 Å². The summed E-state index contributed by atoms with van der Waals surface area (Å²) in [7, 11) is 0. The lowest BCUT2D eigenvalue weighted by molar-refractivity contribution is 0.172. The first kappa shape index (κ1) is 13.3. The molecule has 1 heterocycles. The molecule has 3 rings (SSSR count). The Morgan fingerprint density at radius 2 is 2.00 bits per heavy atom. The summed E-state index contributed by atoms with van der Waals surface area (Å²) in [5.41, 5.74) is 7.01. The normalized spacial score (nSPS) is 29.2. The smallest absolute Gasteiger partial charge is 0.146 e. The van der Waals surface area contributed by atoms with Crippen LogP contribution in [0, 0.1) is 5.82 Å². The fraction of sp³-hybridized carbons (Fsp3) is 0.600. The van der Waals surface area contributed by atoms with Gasteiger partial charge in [-0.2, -0.15) is 0 Å². The van der Waals surface area contributed by atoms with E-state index in [-0.39, 0.29) is 22.9 Å². The Bertz CT molecular complexity index is 461. The van der Waals surface area contributed by atoms with Gasteiger partial charge < -0.3 is 5.73 Å². The molecule has 2 unspecified atom stereocenters. The van der Waals surface area contributed by atoms with E-state index >= 15 is 0 Å². The van der Waals surface area contributed by atoms with E-state index in [4.69, 9.17) is 17.3 Å². The predicted molar refractivity (Wildman–Crippen MR) is 75.7 cm³/mol. The molecule has 19 heavy (non-hydrogen) atoms. The molecule has 1 aliphatic carbocycles. The molecular weight excluding hydrogens is 263 g/mol. The topological polar surface area (TPSA) is 29.3 Å². The number of rotatable bonds is 2. The van der Waals surface area contributed by atoms with Gasteiger partial charge in [0.2, 0.25) is 0 Å². The van der Waals surface area contributed by atoms with Crippen molar-refractivity contribution in [1.82, 2.24) is 4.90 Å². The second kappa shape index (κ2) is 5.39. The van der Waals surface area contributed by atoms with Crippen molar-refractivity contribution in [3.63, 3.8) is 0 Å². The van der Waals surface area contributed by atoms with Gasteiger partial charge in [-0.25, -0.2) is 4.39 Å². The van der Waals surface area contributed by atoms with Crippen LogP contribution in [0.2, 0.25) is 5.02 Å². The molecule has 1 aliphatic heterocycles. The highest BCUT2D eigenvalue weighted by atomic mass is 35.5. The minimum atomic E-state index is -0.294. The van der Waals surface area contributed by atoms with Gasteiger partial charge in [0.05, 0.1) is 11.1 Å². The first-order valence-electron chi connectivity index (χ1n) is 7.13. The van der Waals surface area contributed by atoms with Crippen LogP contribution in [-0.2, 0) is 0 Å². The second-order valence-electron chi connectivity index (χ2n) is 5.72. The summed E-state index contributed by atoms with van der Waals surface area (Å²) in [6.07, 6.45) is 5.67. The van der Waals surface area contributed by atoms with Gasteiger partial charge in [-0.05, 0) is 38.3 Å².